The number of nitrogens with two attached hydrogens (primary N) is 2. The number of benzene rings is 2. The molecule has 1 saturated carbocycles. The van der Waals surface area contributed by atoms with E-state index < -0.39 is 17.9 Å². The molecular formula is C28H31N7O4. The standard InChI is InChI=1S/C28H31N7O4/c29-25(33-34-30)18-8-6-17(7-9-18)14-23(28(37)38)32-27(36)19-10-11-24-22(15-19)31-26(20-12-13-39-16-20)35(24)21-4-2-1-3-5-21/h6-13,15-16,21,23,34H,1-5,14,30H2,(H2,29,33)(H,32,36)(H,37,38). The highest BCUT2D eigenvalue weighted by Crippen LogP contribution is 2.36. The predicted octanol–water partition coefficient (Wildman–Crippen LogP) is 3.31. The molecule has 0 radical (unpaired) electrons. The largest absolute Gasteiger partial charge is 0.480 e. The van der Waals surface area contributed by atoms with E-state index in [2.05, 4.69) is 20.5 Å². The maximum atomic E-state index is 13.2. The highest BCUT2D eigenvalue weighted by atomic mass is 16.4. The lowest BCUT2D eigenvalue weighted by Crippen LogP contribution is -2.42. The van der Waals surface area contributed by atoms with Crippen molar-refractivity contribution in [2.75, 3.05) is 0 Å². The minimum absolute atomic E-state index is 0.0940. The van der Waals surface area contributed by atoms with Crippen LogP contribution in [-0.4, -0.2) is 38.4 Å². The summed E-state index contributed by atoms with van der Waals surface area (Å²) in [6, 6.07) is 13.3. The zero-order valence-corrected chi connectivity index (χ0v) is 21.3. The Morgan fingerprint density at radius 3 is 2.51 bits per heavy atom. The van der Waals surface area contributed by atoms with Crippen molar-refractivity contribution >= 4 is 28.7 Å². The number of nitrogens with one attached hydrogen (secondary N) is 2. The topological polar surface area (TPSA) is 174 Å². The molecule has 2 aromatic carbocycles. The van der Waals surface area contributed by atoms with Gasteiger partial charge in [0.2, 0.25) is 0 Å². The number of rotatable bonds is 9. The van der Waals surface area contributed by atoms with Gasteiger partial charge in [0.15, 0.2) is 5.84 Å². The predicted molar refractivity (Wildman–Crippen MR) is 147 cm³/mol. The number of furan rings is 1. The number of hydrogen-bond donors (Lipinski definition) is 5. The van der Waals surface area contributed by atoms with Crippen LogP contribution in [0.1, 0.15) is 59.6 Å². The van der Waals surface area contributed by atoms with Crippen molar-refractivity contribution in [2.24, 2.45) is 16.7 Å². The first kappa shape index (κ1) is 26.0. The van der Waals surface area contributed by atoms with Crippen LogP contribution in [-0.2, 0) is 11.2 Å². The Hall–Kier alpha value is -4.64. The molecule has 2 heterocycles. The van der Waals surface area contributed by atoms with Crippen molar-refractivity contribution < 1.29 is 19.1 Å². The molecule has 11 heteroatoms. The summed E-state index contributed by atoms with van der Waals surface area (Å²) in [5, 5.41) is 16.2. The fourth-order valence-electron chi connectivity index (χ4n) is 5.17. The summed E-state index contributed by atoms with van der Waals surface area (Å²) in [6.45, 7) is 0. The molecule has 2 aromatic heterocycles. The third kappa shape index (κ3) is 5.63. The van der Waals surface area contributed by atoms with Crippen LogP contribution in [0.3, 0.4) is 0 Å². The van der Waals surface area contributed by atoms with Gasteiger partial charge in [-0.05, 0) is 42.7 Å². The first-order chi connectivity index (χ1) is 18.9. The summed E-state index contributed by atoms with van der Waals surface area (Å²) in [5.74, 6) is 4.54. The van der Waals surface area contributed by atoms with Gasteiger partial charge in [0, 0.05) is 23.6 Å². The number of aliphatic carboxylic acids is 1. The number of imidazole rings is 1. The Bertz CT molecular complexity index is 1490. The van der Waals surface area contributed by atoms with E-state index in [-0.39, 0.29) is 12.3 Å². The Labute approximate surface area is 224 Å². The number of hydrazone groups is 1. The number of fused-ring (bicyclic) bond motifs is 1. The maximum absolute atomic E-state index is 13.2. The molecule has 4 aromatic rings. The van der Waals surface area contributed by atoms with E-state index in [0.29, 0.717) is 28.2 Å². The third-order valence-electron chi connectivity index (χ3n) is 7.15. The molecule has 1 amide bonds. The molecule has 1 aliphatic carbocycles. The third-order valence-corrected chi connectivity index (χ3v) is 7.15. The van der Waals surface area contributed by atoms with E-state index >= 15 is 0 Å². The van der Waals surface area contributed by atoms with Gasteiger partial charge >= 0.3 is 5.97 Å². The van der Waals surface area contributed by atoms with Crippen molar-refractivity contribution in [3.63, 3.8) is 0 Å². The van der Waals surface area contributed by atoms with Gasteiger partial charge in [0.05, 0.1) is 22.9 Å². The van der Waals surface area contributed by atoms with Crippen LogP contribution in [0.15, 0.2) is 70.6 Å². The molecule has 1 atom stereocenters. The fraction of sp³-hybridized carbons (Fsp3) is 0.286. The monoisotopic (exact) mass is 529 g/mol. The lowest BCUT2D eigenvalue weighted by molar-refractivity contribution is -0.139. The molecule has 202 valence electrons. The second kappa shape index (κ2) is 11.4. The first-order valence-corrected chi connectivity index (χ1v) is 12.9. The molecule has 0 spiro atoms. The van der Waals surface area contributed by atoms with Crippen LogP contribution in [0.4, 0.5) is 0 Å². The number of hydrazine groups is 1. The summed E-state index contributed by atoms with van der Waals surface area (Å²) in [6.07, 6.45) is 9.11. The van der Waals surface area contributed by atoms with Crippen molar-refractivity contribution in [3.8, 4) is 11.4 Å². The second-order valence-corrected chi connectivity index (χ2v) is 9.70. The zero-order chi connectivity index (χ0) is 27.4. The molecule has 0 aliphatic heterocycles. The molecule has 1 unspecified atom stereocenters. The van der Waals surface area contributed by atoms with Gasteiger partial charge in [-0.15, -0.1) is 5.10 Å². The minimum Gasteiger partial charge on any atom is -0.480 e. The zero-order valence-electron chi connectivity index (χ0n) is 21.3. The van der Waals surface area contributed by atoms with Crippen LogP contribution in [0.5, 0.6) is 0 Å². The van der Waals surface area contributed by atoms with Gasteiger partial charge in [-0.2, -0.15) is 0 Å². The van der Waals surface area contributed by atoms with Crippen molar-refractivity contribution in [1.82, 2.24) is 20.4 Å². The molecular weight excluding hydrogens is 498 g/mol. The molecule has 0 bridgehead atoms. The number of carbonyl (C=O) groups excluding carboxylic acids is 1. The Balaban J connectivity index is 1.38. The number of carboxylic acids is 1. The number of nitrogens with zero attached hydrogens (tertiary/aromatic N) is 3. The van der Waals surface area contributed by atoms with Gasteiger partial charge < -0.3 is 25.1 Å². The quantitative estimate of drug-likeness (QED) is 0.0950. The van der Waals surface area contributed by atoms with E-state index in [9.17, 15) is 14.7 Å². The maximum Gasteiger partial charge on any atom is 0.326 e. The number of amidine groups is 1. The number of carboxylic acid groups (broad SMARTS) is 1. The molecule has 1 fully saturated rings. The second-order valence-electron chi connectivity index (χ2n) is 9.70. The Kier molecular flexibility index (Phi) is 7.60. The normalized spacial score (nSPS) is 15.3. The van der Waals surface area contributed by atoms with E-state index in [1.807, 2.05) is 12.1 Å². The lowest BCUT2D eigenvalue weighted by atomic mass is 9.95. The Morgan fingerprint density at radius 2 is 1.85 bits per heavy atom. The average Bonchev–Trinajstić information content (AvgIpc) is 3.61. The van der Waals surface area contributed by atoms with Gasteiger partial charge in [-0.1, -0.05) is 43.5 Å². The van der Waals surface area contributed by atoms with Crippen molar-refractivity contribution in [1.29, 1.82) is 0 Å². The SMILES string of the molecule is NNN=C(N)c1ccc(CC(NC(=O)c2ccc3c(c2)nc(-c2ccoc2)n3C2CCCCC2)C(=O)O)cc1. The van der Waals surface area contributed by atoms with E-state index in [0.717, 1.165) is 29.7 Å². The summed E-state index contributed by atoms with van der Waals surface area (Å²) >= 11 is 0. The number of aromatic nitrogens is 2. The smallest absolute Gasteiger partial charge is 0.326 e. The molecule has 39 heavy (non-hydrogen) atoms. The number of carbonyl (C=O) groups is 2. The highest BCUT2D eigenvalue weighted by Gasteiger charge is 2.25. The van der Waals surface area contributed by atoms with Crippen molar-refractivity contribution in [2.45, 2.75) is 50.6 Å². The van der Waals surface area contributed by atoms with Gasteiger partial charge in [-0.3, -0.25) is 4.79 Å². The number of hydrogen-bond acceptors (Lipinski definition) is 7. The van der Waals surface area contributed by atoms with Gasteiger partial charge in [0.1, 0.15) is 18.1 Å². The van der Waals surface area contributed by atoms with Crippen LogP contribution in [0.25, 0.3) is 22.4 Å². The molecule has 11 nitrogen and oxygen atoms in total. The molecule has 5 rings (SSSR count). The minimum atomic E-state index is -1.13. The van der Waals surface area contributed by atoms with Crippen LogP contribution in [0.2, 0.25) is 0 Å². The fourth-order valence-corrected chi connectivity index (χ4v) is 5.17. The van der Waals surface area contributed by atoms with Gasteiger partial charge in [-0.25, -0.2) is 21.2 Å². The summed E-state index contributed by atoms with van der Waals surface area (Å²) < 4.78 is 7.58. The summed E-state index contributed by atoms with van der Waals surface area (Å²) in [4.78, 5) is 30.0. The Morgan fingerprint density at radius 1 is 1.10 bits per heavy atom. The average molecular weight is 530 g/mol. The van der Waals surface area contributed by atoms with E-state index in [1.54, 1.807) is 48.9 Å². The van der Waals surface area contributed by atoms with Crippen LogP contribution < -0.4 is 22.4 Å². The van der Waals surface area contributed by atoms with Gasteiger partial charge in [0.25, 0.3) is 5.91 Å². The lowest BCUT2D eigenvalue weighted by Gasteiger charge is -2.25. The summed E-state index contributed by atoms with van der Waals surface area (Å²) in [5.41, 5.74) is 12.1. The molecule has 7 N–H and O–H groups in total. The number of amides is 1. The van der Waals surface area contributed by atoms with Crippen LogP contribution >= 0.6 is 0 Å². The van der Waals surface area contributed by atoms with E-state index in [1.165, 1.54) is 19.3 Å². The molecule has 1 aliphatic rings. The van der Waals surface area contributed by atoms with Crippen molar-refractivity contribution in [3.05, 3.63) is 77.7 Å². The summed E-state index contributed by atoms with van der Waals surface area (Å²) in [7, 11) is 0. The van der Waals surface area contributed by atoms with Crippen LogP contribution in [0, 0.1) is 0 Å². The highest BCUT2D eigenvalue weighted by molar-refractivity contribution is 6.00. The molecule has 0 saturated heterocycles. The first-order valence-electron chi connectivity index (χ1n) is 12.9. The van der Waals surface area contributed by atoms with E-state index in [4.69, 9.17) is 21.0 Å².